The predicted octanol–water partition coefficient (Wildman–Crippen LogP) is 1.44. The number of benzene rings is 1. The van der Waals surface area contributed by atoms with Gasteiger partial charge in [-0.2, -0.15) is 0 Å². The molecule has 18 heavy (non-hydrogen) atoms. The lowest BCUT2D eigenvalue weighted by Crippen LogP contribution is -2.45. The molecule has 6 heteroatoms. The van der Waals surface area contributed by atoms with Gasteiger partial charge in [-0.3, -0.25) is 4.90 Å². The summed E-state index contributed by atoms with van der Waals surface area (Å²) in [5.41, 5.74) is 0.699. The summed E-state index contributed by atoms with van der Waals surface area (Å²) >= 11 is 0. The molecule has 0 amide bonds. The molecule has 1 atom stereocenters. The van der Waals surface area contributed by atoms with Crippen LogP contribution in [0.1, 0.15) is 11.6 Å². The van der Waals surface area contributed by atoms with Crippen molar-refractivity contribution in [2.45, 2.75) is 6.04 Å². The van der Waals surface area contributed by atoms with Crippen LogP contribution in [0.5, 0.6) is 11.5 Å². The van der Waals surface area contributed by atoms with E-state index in [1.807, 2.05) is 4.90 Å². The standard InChI is InChI=1S/C12H17FN2O2.ClH/c13-8-10(15-5-3-14-4-6-15)9-1-2-11(16)12(17)7-9;/h1-2,7,10,14,16-17H,3-6,8H2;1H/t10-;/m0./s1. The zero-order chi connectivity index (χ0) is 12.3. The van der Waals surface area contributed by atoms with Gasteiger partial charge < -0.3 is 15.5 Å². The maximum Gasteiger partial charge on any atom is 0.157 e. The van der Waals surface area contributed by atoms with E-state index in [-0.39, 0.29) is 29.9 Å². The Morgan fingerprint density at radius 1 is 1.22 bits per heavy atom. The van der Waals surface area contributed by atoms with Crippen molar-refractivity contribution >= 4 is 12.4 Å². The maximum atomic E-state index is 13.2. The van der Waals surface area contributed by atoms with Gasteiger partial charge in [0.1, 0.15) is 6.67 Å². The van der Waals surface area contributed by atoms with Crippen molar-refractivity contribution in [1.82, 2.24) is 10.2 Å². The normalized spacial score (nSPS) is 18.1. The van der Waals surface area contributed by atoms with Gasteiger partial charge in [-0.05, 0) is 17.7 Å². The lowest BCUT2D eigenvalue weighted by Gasteiger charge is -2.33. The van der Waals surface area contributed by atoms with Crippen LogP contribution in [-0.2, 0) is 0 Å². The Balaban J connectivity index is 0.00000162. The highest BCUT2D eigenvalue weighted by Gasteiger charge is 2.22. The Hall–Kier alpha value is -1.04. The summed E-state index contributed by atoms with van der Waals surface area (Å²) in [4.78, 5) is 2.04. The van der Waals surface area contributed by atoms with E-state index in [0.29, 0.717) is 5.56 Å². The van der Waals surface area contributed by atoms with Crippen LogP contribution in [0.25, 0.3) is 0 Å². The Labute approximate surface area is 112 Å². The Morgan fingerprint density at radius 3 is 2.44 bits per heavy atom. The number of aromatic hydroxyl groups is 2. The number of nitrogens with one attached hydrogen (secondary N) is 1. The van der Waals surface area contributed by atoms with Crippen molar-refractivity contribution in [1.29, 1.82) is 0 Å². The molecule has 1 fully saturated rings. The highest BCUT2D eigenvalue weighted by molar-refractivity contribution is 5.85. The molecule has 1 aromatic rings. The van der Waals surface area contributed by atoms with E-state index >= 15 is 0 Å². The Kier molecular flexibility index (Phi) is 5.65. The molecule has 3 N–H and O–H groups in total. The second kappa shape index (κ2) is 6.78. The average molecular weight is 277 g/mol. The van der Waals surface area contributed by atoms with Gasteiger partial charge in [-0.15, -0.1) is 12.4 Å². The summed E-state index contributed by atoms with van der Waals surface area (Å²) in [6.45, 7) is 2.78. The van der Waals surface area contributed by atoms with Gasteiger partial charge in [0.2, 0.25) is 0 Å². The number of piperazine rings is 1. The molecular weight excluding hydrogens is 259 g/mol. The topological polar surface area (TPSA) is 55.7 Å². The fourth-order valence-corrected chi connectivity index (χ4v) is 2.14. The van der Waals surface area contributed by atoms with E-state index in [1.54, 1.807) is 6.07 Å². The van der Waals surface area contributed by atoms with Gasteiger partial charge in [0, 0.05) is 26.2 Å². The minimum atomic E-state index is -0.496. The summed E-state index contributed by atoms with van der Waals surface area (Å²) in [5.74, 6) is -0.372. The van der Waals surface area contributed by atoms with Gasteiger partial charge in [0.05, 0.1) is 6.04 Å². The monoisotopic (exact) mass is 276 g/mol. The number of hydrogen-bond donors (Lipinski definition) is 3. The first-order chi connectivity index (χ1) is 8.22. The molecule has 2 rings (SSSR count). The molecule has 1 aromatic carbocycles. The highest BCUT2D eigenvalue weighted by atomic mass is 35.5. The number of hydrogen-bond acceptors (Lipinski definition) is 4. The van der Waals surface area contributed by atoms with Crippen LogP contribution in [-0.4, -0.2) is 48.0 Å². The fraction of sp³-hybridized carbons (Fsp3) is 0.500. The van der Waals surface area contributed by atoms with Crippen molar-refractivity contribution in [3.8, 4) is 11.5 Å². The second-order valence-electron chi connectivity index (χ2n) is 4.20. The first kappa shape index (κ1) is 15.0. The highest BCUT2D eigenvalue weighted by Crippen LogP contribution is 2.30. The van der Waals surface area contributed by atoms with E-state index < -0.39 is 6.67 Å². The van der Waals surface area contributed by atoms with E-state index in [2.05, 4.69) is 5.32 Å². The molecule has 0 aliphatic carbocycles. The van der Waals surface area contributed by atoms with E-state index in [1.165, 1.54) is 12.1 Å². The van der Waals surface area contributed by atoms with Crippen LogP contribution >= 0.6 is 12.4 Å². The van der Waals surface area contributed by atoms with Crippen molar-refractivity contribution in [3.63, 3.8) is 0 Å². The van der Waals surface area contributed by atoms with E-state index in [9.17, 15) is 14.6 Å². The van der Waals surface area contributed by atoms with Gasteiger partial charge >= 0.3 is 0 Å². The first-order valence-electron chi connectivity index (χ1n) is 5.75. The summed E-state index contributed by atoms with van der Waals surface area (Å²) < 4.78 is 13.2. The fourth-order valence-electron chi connectivity index (χ4n) is 2.14. The minimum absolute atomic E-state index is 0. The number of phenols is 2. The van der Waals surface area contributed by atoms with Gasteiger partial charge in [-0.25, -0.2) is 4.39 Å². The molecule has 4 nitrogen and oxygen atoms in total. The van der Waals surface area contributed by atoms with Crippen LogP contribution in [0.4, 0.5) is 4.39 Å². The summed E-state index contributed by atoms with van der Waals surface area (Å²) in [7, 11) is 0. The van der Waals surface area contributed by atoms with E-state index in [0.717, 1.165) is 26.2 Å². The third kappa shape index (κ3) is 3.25. The molecular formula is C12H18ClFN2O2. The average Bonchev–Trinajstić information content (AvgIpc) is 2.36. The molecule has 1 aliphatic rings. The van der Waals surface area contributed by atoms with E-state index in [4.69, 9.17) is 0 Å². The largest absolute Gasteiger partial charge is 0.504 e. The van der Waals surface area contributed by atoms with Crippen LogP contribution < -0.4 is 5.32 Å². The summed E-state index contributed by atoms with van der Waals surface area (Å²) in [5, 5.41) is 21.9. The predicted molar refractivity (Wildman–Crippen MR) is 70.2 cm³/mol. The van der Waals surface area contributed by atoms with Crippen LogP contribution in [0, 0.1) is 0 Å². The molecule has 0 radical (unpaired) electrons. The van der Waals surface area contributed by atoms with Gasteiger partial charge in [-0.1, -0.05) is 6.07 Å². The van der Waals surface area contributed by atoms with Crippen molar-refractivity contribution < 1.29 is 14.6 Å². The Morgan fingerprint density at radius 2 is 1.89 bits per heavy atom. The SMILES string of the molecule is Cl.Oc1ccc([C@H](CF)N2CCNCC2)cc1O. The Bertz CT molecular complexity index is 386. The number of halogens is 2. The number of phenolic OH excluding ortho intramolecular Hbond substituents is 2. The molecule has 0 saturated carbocycles. The lowest BCUT2D eigenvalue weighted by atomic mass is 10.0. The lowest BCUT2D eigenvalue weighted by molar-refractivity contribution is 0.147. The van der Waals surface area contributed by atoms with Crippen LogP contribution in [0.15, 0.2) is 18.2 Å². The quantitative estimate of drug-likeness (QED) is 0.731. The molecule has 0 spiro atoms. The third-order valence-corrected chi connectivity index (χ3v) is 3.12. The molecule has 102 valence electrons. The smallest absolute Gasteiger partial charge is 0.157 e. The summed E-state index contributed by atoms with van der Waals surface area (Å²) in [6.07, 6.45) is 0. The van der Waals surface area contributed by atoms with Crippen molar-refractivity contribution in [2.24, 2.45) is 0 Å². The summed E-state index contributed by atoms with van der Waals surface area (Å²) in [6, 6.07) is 4.14. The molecule has 1 saturated heterocycles. The molecule has 0 bridgehead atoms. The third-order valence-electron chi connectivity index (χ3n) is 3.12. The van der Waals surface area contributed by atoms with Gasteiger partial charge in [0.25, 0.3) is 0 Å². The first-order valence-corrected chi connectivity index (χ1v) is 5.75. The molecule has 1 aliphatic heterocycles. The number of nitrogens with zero attached hydrogens (tertiary/aromatic N) is 1. The maximum absolute atomic E-state index is 13.2. The van der Waals surface area contributed by atoms with Crippen molar-refractivity contribution in [3.05, 3.63) is 23.8 Å². The molecule has 1 heterocycles. The van der Waals surface area contributed by atoms with Gasteiger partial charge in [0.15, 0.2) is 11.5 Å². The number of alkyl halides is 1. The minimum Gasteiger partial charge on any atom is -0.504 e. The van der Waals surface area contributed by atoms with Crippen molar-refractivity contribution in [2.75, 3.05) is 32.9 Å². The second-order valence-corrected chi connectivity index (χ2v) is 4.20. The van der Waals surface area contributed by atoms with Crippen LogP contribution in [0.3, 0.4) is 0 Å². The zero-order valence-corrected chi connectivity index (χ0v) is 10.8. The zero-order valence-electron chi connectivity index (χ0n) is 9.97. The number of rotatable bonds is 3. The van der Waals surface area contributed by atoms with Crippen LogP contribution in [0.2, 0.25) is 0 Å². The molecule has 0 unspecified atom stereocenters. The molecule has 0 aromatic heterocycles.